The molecule has 6 nitrogen and oxygen atoms in total. The monoisotopic (exact) mass is 410 g/mol. The highest BCUT2D eigenvalue weighted by molar-refractivity contribution is 7.89. The summed E-state index contributed by atoms with van der Waals surface area (Å²) in [6.45, 7) is 0.456. The van der Waals surface area contributed by atoms with E-state index in [2.05, 4.69) is 10.0 Å². The van der Waals surface area contributed by atoms with Gasteiger partial charge >= 0.3 is 0 Å². The molecule has 7 heteroatoms. The Kier molecular flexibility index (Phi) is 6.77. The first-order valence-electron chi connectivity index (χ1n) is 9.06. The summed E-state index contributed by atoms with van der Waals surface area (Å²) in [4.78, 5) is 12.8. The lowest BCUT2D eigenvalue weighted by atomic mass is 10.0. The van der Waals surface area contributed by atoms with Gasteiger partial charge in [-0.2, -0.15) is 0 Å². The smallest absolute Gasteiger partial charge is 0.255 e. The van der Waals surface area contributed by atoms with Crippen molar-refractivity contribution in [1.29, 1.82) is 0 Å². The molecule has 29 heavy (non-hydrogen) atoms. The fraction of sp³-hybridized carbons (Fsp3) is 0.136. The Morgan fingerprint density at radius 1 is 0.897 bits per heavy atom. The molecule has 3 aromatic carbocycles. The van der Waals surface area contributed by atoms with E-state index in [4.69, 9.17) is 4.74 Å². The number of methoxy groups -OCH3 is 1. The van der Waals surface area contributed by atoms with Crippen LogP contribution in [0.15, 0.2) is 83.8 Å². The second-order valence-corrected chi connectivity index (χ2v) is 8.05. The van der Waals surface area contributed by atoms with Crippen LogP contribution in [0.5, 0.6) is 0 Å². The molecule has 0 radical (unpaired) electrons. The summed E-state index contributed by atoms with van der Waals surface area (Å²) in [7, 11) is -2.14. The maximum Gasteiger partial charge on any atom is 0.255 e. The minimum atomic E-state index is -3.64. The molecule has 0 saturated carbocycles. The zero-order valence-electron chi connectivity index (χ0n) is 16.0. The van der Waals surface area contributed by atoms with E-state index in [1.54, 1.807) is 0 Å². The number of para-hydroxylation sites is 1. The minimum Gasteiger partial charge on any atom is -0.383 e. The number of carbonyl (C=O) groups is 1. The van der Waals surface area contributed by atoms with Crippen LogP contribution in [0.25, 0.3) is 11.1 Å². The van der Waals surface area contributed by atoms with E-state index in [1.807, 2.05) is 54.6 Å². The third-order valence-electron chi connectivity index (χ3n) is 4.29. The van der Waals surface area contributed by atoms with Crippen molar-refractivity contribution in [2.45, 2.75) is 4.90 Å². The van der Waals surface area contributed by atoms with E-state index < -0.39 is 10.0 Å². The molecule has 0 aromatic heterocycles. The standard InChI is InChI=1S/C22H22N2O4S/c1-28-16-15-23-29(26,27)19-13-11-18(12-14-19)22(25)24-21-10-6-5-9-20(21)17-7-3-2-4-8-17/h2-14,23H,15-16H2,1H3,(H,24,25). The summed E-state index contributed by atoms with van der Waals surface area (Å²) >= 11 is 0. The van der Waals surface area contributed by atoms with E-state index in [9.17, 15) is 13.2 Å². The molecule has 1 amide bonds. The van der Waals surface area contributed by atoms with Gasteiger partial charge < -0.3 is 10.1 Å². The van der Waals surface area contributed by atoms with Gasteiger partial charge in [-0.15, -0.1) is 0 Å². The molecular weight excluding hydrogens is 388 g/mol. The molecule has 3 aromatic rings. The molecule has 2 N–H and O–H groups in total. The third kappa shape index (κ3) is 5.29. The van der Waals surface area contributed by atoms with Crippen molar-refractivity contribution in [1.82, 2.24) is 4.72 Å². The predicted molar refractivity (Wildman–Crippen MR) is 113 cm³/mol. The predicted octanol–water partition coefficient (Wildman–Crippen LogP) is 3.53. The van der Waals surface area contributed by atoms with Gasteiger partial charge in [-0.05, 0) is 35.9 Å². The van der Waals surface area contributed by atoms with Crippen molar-refractivity contribution >= 4 is 21.6 Å². The third-order valence-corrected chi connectivity index (χ3v) is 5.76. The topological polar surface area (TPSA) is 84.5 Å². The molecule has 0 aliphatic carbocycles. The van der Waals surface area contributed by atoms with Gasteiger partial charge in [0.05, 0.1) is 11.5 Å². The van der Waals surface area contributed by atoms with Gasteiger partial charge in [0.15, 0.2) is 0 Å². The maximum absolute atomic E-state index is 12.7. The van der Waals surface area contributed by atoms with Crippen LogP contribution in [0, 0.1) is 0 Å². The number of nitrogens with one attached hydrogen (secondary N) is 2. The zero-order chi connectivity index (χ0) is 20.7. The lowest BCUT2D eigenvalue weighted by Gasteiger charge is -2.12. The Labute approximate surface area is 170 Å². The number of hydrogen-bond acceptors (Lipinski definition) is 4. The molecule has 0 atom stereocenters. The lowest BCUT2D eigenvalue weighted by Crippen LogP contribution is -2.27. The Balaban J connectivity index is 1.76. The summed E-state index contributed by atoms with van der Waals surface area (Å²) < 4.78 is 31.7. The van der Waals surface area contributed by atoms with Gasteiger partial charge in [0.2, 0.25) is 10.0 Å². The quantitative estimate of drug-likeness (QED) is 0.557. The molecular formula is C22H22N2O4S. The molecule has 0 bridgehead atoms. The molecule has 0 spiro atoms. The van der Waals surface area contributed by atoms with Gasteiger partial charge in [-0.25, -0.2) is 13.1 Å². The largest absolute Gasteiger partial charge is 0.383 e. The van der Waals surface area contributed by atoms with Crippen molar-refractivity contribution in [3.63, 3.8) is 0 Å². The number of rotatable bonds is 8. The van der Waals surface area contributed by atoms with Gasteiger partial charge in [-0.1, -0.05) is 48.5 Å². The lowest BCUT2D eigenvalue weighted by molar-refractivity contribution is 0.102. The van der Waals surface area contributed by atoms with Crippen LogP contribution in [0.3, 0.4) is 0 Å². The Hall–Kier alpha value is -3.00. The van der Waals surface area contributed by atoms with Gasteiger partial charge in [0.25, 0.3) is 5.91 Å². The van der Waals surface area contributed by atoms with Crippen molar-refractivity contribution in [2.75, 3.05) is 25.6 Å². The molecule has 0 fully saturated rings. The van der Waals surface area contributed by atoms with Crippen molar-refractivity contribution in [3.8, 4) is 11.1 Å². The summed E-state index contributed by atoms with van der Waals surface area (Å²) in [6.07, 6.45) is 0. The van der Waals surface area contributed by atoms with Gasteiger partial charge in [0.1, 0.15) is 0 Å². The number of hydrogen-bond donors (Lipinski definition) is 2. The van der Waals surface area contributed by atoms with Crippen LogP contribution in [-0.4, -0.2) is 34.6 Å². The van der Waals surface area contributed by atoms with Crippen molar-refractivity contribution in [2.24, 2.45) is 0 Å². The highest BCUT2D eigenvalue weighted by Gasteiger charge is 2.15. The number of ether oxygens (including phenoxy) is 1. The second kappa shape index (κ2) is 9.47. The molecule has 0 aliphatic rings. The number of carbonyl (C=O) groups excluding carboxylic acids is 1. The SMILES string of the molecule is COCCNS(=O)(=O)c1ccc(C(=O)Nc2ccccc2-c2ccccc2)cc1. The van der Waals surface area contributed by atoms with Crippen molar-refractivity contribution < 1.29 is 17.9 Å². The molecule has 0 unspecified atom stereocenters. The summed E-state index contributed by atoms with van der Waals surface area (Å²) in [6, 6.07) is 23.1. The average Bonchev–Trinajstić information content (AvgIpc) is 2.75. The van der Waals surface area contributed by atoms with E-state index in [1.165, 1.54) is 31.4 Å². The minimum absolute atomic E-state index is 0.0924. The number of amides is 1. The first-order chi connectivity index (χ1) is 14.0. The first-order valence-corrected chi connectivity index (χ1v) is 10.5. The molecule has 0 saturated heterocycles. The number of anilines is 1. The van der Waals surface area contributed by atoms with Crippen LogP contribution in [0.1, 0.15) is 10.4 Å². The maximum atomic E-state index is 12.7. The highest BCUT2D eigenvalue weighted by Crippen LogP contribution is 2.28. The van der Waals surface area contributed by atoms with E-state index in [0.717, 1.165) is 11.1 Å². The van der Waals surface area contributed by atoms with Crippen LogP contribution in [-0.2, 0) is 14.8 Å². The van der Waals surface area contributed by atoms with E-state index in [0.29, 0.717) is 11.3 Å². The summed E-state index contributed by atoms with van der Waals surface area (Å²) in [5.74, 6) is -0.315. The second-order valence-electron chi connectivity index (χ2n) is 6.28. The highest BCUT2D eigenvalue weighted by atomic mass is 32.2. The van der Waals surface area contributed by atoms with Crippen LogP contribution < -0.4 is 10.0 Å². The molecule has 0 heterocycles. The molecule has 3 rings (SSSR count). The molecule has 150 valence electrons. The average molecular weight is 410 g/mol. The zero-order valence-corrected chi connectivity index (χ0v) is 16.8. The molecule has 0 aliphatic heterocycles. The van der Waals surface area contributed by atoms with Crippen molar-refractivity contribution in [3.05, 3.63) is 84.4 Å². The Morgan fingerprint density at radius 3 is 2.24 bits per heavy atom. The summed E-state index contributed by atoms with van der Waals surface area (Å²) in [5, 5.41) is 2.90. The van der Waals surface area contributed by atoms with Gasteiger partial charge in [0, 0.05) is 30.5 Å². The van der Waals surface area contributed by atoms with E-state index in [-0.39, 0.29) is 24.0 Å². The summed E-state index contributed by atoms with van der Waals surface area (Å²) in [5.41, 5.74) is 2.94. The number of sulfonamides is 1. The van der Waals surface area contributed by atoms with Gasteiger partial charge in [-0.3, -0.25) is 4.79 Å². The van der Waals surface area contributed by atoms with E-state index >= 15 is 0 Å². The Morgan fingerprint density at radius 2 is 1.55 bits per heavy atom. The fourth-order valence-electron chi connectivity index (χ4n) is 2.80. The first kappa shape index (κ1) is 20.7. The Bertz CT molecular complexity index is 1070. The van der Waals surface area contributed by atoms with Crippen LogP contribution in [0.4, 0.5) is 5.69 Å². The van der Waals surface area contributed by atoms with Crippen LogP contribution in [0.2, 0.25) is 0 Å². The fourth-order valence-corrected chi connectivity index (χ4v) is 3.82. The van der Waals surface area contributed by atoms with Crippen LogP contribution >= 0.6 is 0 Å². The normalized spacial score (nSPS) is 11.2. The number of benzene rings is 3.